The van der Waals surface area contributed by atoms with Crippen molar-refractivity contribution in [2.75, 3.05) is 0 Å². The highest BCUT2D eigenvalue weighted by atomic mass is 16.2. The fraction of sp³-hybridized carbons (Fsp3) is 0.440. The van der Waals surface area contributed by atoms with Gasteiger partial charge in [0.25, 0.3) is 5.91 Å². The van der Waals surface area contributed by atoms with Crippen LogP contribution in [0.25, 0.3) is 0 Å². The number of hydrogen-bond donors (Lipinski definition) is 1. The van der Waals surface area contributed by atoms with Crippen LogP contribution in [0.2, 0.25) is 0 Å². The molecular formula is C25H30N2O2. The van der Waals surface area contributed by atoms with Gasteiger partial charge >= 0.3 is 0 Å². The highest BCUT2D eigenvalue weighted by molar-refractivity contribution is 6.02. The molecule has 1 aliphatic heterocycles. The summed E-state index contributed by atoms with van der Waals surface area (Å²) in [5.74, 6) is -0.0857. The van der Waals surface area contributed by atoms with Crippen molar-refractivity contribution in [3.63, 3.8) is 0 Å². The Morgan fingerprint density at radius 3 is 2.38 bits per heavy atom. The Labute approximate surface area is 173 Å². The van der Waals surface area contributed by atoms with Gasteiger partial charge in [0.2, 0.25) is 5.91 Å². The molecule has 0 saturated heterocycles. The van der Waals surface area contributed by atoms with Crippen LogP contribution in [0.4, 0.5) is 0 Å². The zero-order valence-electron chi connectivity index (χ0n) is 17.2. The molecule has 0 radical (unpaired) electrons. The average molecular weight is 391 g/mol. The Morgan fingerprint density at radius 2 is 1.66 bits per heavy atom. The molecule has 2 aromatic rings. The Morgan fingerprint density at radius 1 is 1.00 bits per heavy atom. The van der Waals surface area contributed by atoms with E-state index in [-0.39, 0.29) is 17.9 Å². The fourth-order valence-corrected chi connectivity index (χ4v) is 4.70. The Kier molecular flexibility index (Phi) is 5.70. The highest BCUT2D eigenvalue weighted by Crippen LogP contribution is 2.33. The molecule has 0 spiro atoms. The minimum absolute atomic E-state index is 0.0248. The maximum absolute atomic E-state index is 13.6. The van der Waals surface area contributed by atoms with E-state index in [4.69, 9.17) is 0 Å². The summed E-state index contributed by atoms with van der Waals surface area (Å²) in [5, 5.41) is 3.30. The molecule has 2 aliphatic rings. The molecule has 1 heterocycles. The molecule has 29 heavy (non-hydrogen) atoms. The molecule has 1 atom stereocenters. The summed E-state index contributed by atoms with van der Waals surface area (Å²) in [6, 6.07) is 17.8. The number of carbonyl (C=O) groups is 2. The van der Waals surface area contributed by atoms with E-state index in [0.717, 1.165) is 36.8 Å². The third-order valence-corrected chi connectivity index (χ3v) is 6.49. The van der Waals surface area contributed by atoms with Gasteiger partial charge < -0.3 is 10.2 Å². The summed E-state index contributed by atoms with van der Waals surface area (Å²) in [4.78, 5) is 28.8. The van der Waals surface area contributed by atoms with Crippen LogP contribution >= 0.6 is 0 Å². The first-order chi connectivity index (χ1) is 14.1. The molecule has 0 unspecified atom stereocenters. The summed E-state index contributed by atoms with van der Waals surface area (Å²) in [6.45, 7) is 2.36. The molecule has 2 aromatic carbocycles. The first-order valence-electron chi connectivity index (χ1n) is 10.8. The molecule has 0 bridgehead atoms. The van der Waals surface area contributed by atoms with Crippen molar-refractivity contribution < 1.29 is 9.59 Å². The number of fused-ring (bicyclic) bond motifs is 1. The molecule has 1 saturated carbocycles. The van der Waals surface area contributed by atoms with Crippen LogP contribution in [0.3, 0.4) is 0 Å². The highest BCUT2D eigenvalue weighted by Gasteiger charge is 2.47. The molecule has 4 heteroatoms. The largest absolute Gasteiger partial charge is 0.351 e. The van der Waals surface area contributed by atoms with Crippen molar-refractivity contribution in [2.24, 2.45) is 0 Å². The molecule has 1 fully saturated rings. The van der Waals surface area contributed by atoms with E-state index in [0.29, 0.717) is 18.5 Å². The first kappa shape index (κ1) is 19.7. The number of nitrogens with one attached hydrogen (secondary N) is 1. The van der Waals surface area contributed by atoms with E-state index < -0.39 is 5.54 Å². The van der Waals surface area contributed by atoms with Gasteiger partial charge in [-0.15, -0.1) is 0 Å². The van der Waals surface area contributed by atoms with Gasteiger partial charge in [-0.3, -0.25) is 9.59 Å². The maximum atomic E-state index is 13.6. The second kappa shape index (κ2) is 8.40. The predicted octanol–water partition coefficient (Wildman–Crippen LogP) is 4.48. The molecule has 0 aromatic heterocycles. The van der Waals surface area contributed by atoms with E-state index in [1.165, 1.54) is 12.8 Å². The van der Waals surface area contributed by atoms with Gasteiger partial charge in [0.15, 0.2) is 0 Å². The quantitative estimate of drug-likeness (QED) is 0.783. The molecule has 1 aliphatic carbocycles. The minimum Gasteiger partial charge on any atom is -0.351 e. The smallest absolute Gasteiger partial charge is 0.255 e. The van der Waals surface area contributed by atoms with Crippen LogP contribution < -0.4 is 5.32 Å². The fourth-order valence-electron chi connectivity index (χ4n) is 4.70. The van der Waals surface area contributed by atoms with Crippen LogP contribution in [0.1, 0.15) is 66.9 Å². The first-order valence-corrected chi connectivity index (χ1v) is 10.8. The Bertz CT molecular complexity index is 871. The minimum atomic E-state index is -0.895. The third kappa shape index (κ3) is 4.07. The summed E-state index contributed by atoms with van der Waals surface area (Å²) < 4.78 is 0. The van der Waals surface area contributed by atoms with Gasteiger partial charge in [0.1, 0.15) is 5.54 Å². The van der Waals surface area contributed by atoms with Gasteiger partial charge in [0, 0.05) is 24.6 Å². The second-order valence-electron chi connectivity index (χ2n) is 8.65. The molecule has 2 amide bonds. The normalized spacial score (nSPS) is 22.7. The van der Waals surface area contributed by atoms with Crippen molar-refractivity contribution >= 4 is 11.8 Å². The summed E-state index contributed by atoms with van der Waals surface area (Å²) in [7, 11) is 0. The molecule has 4 nitrogen and oxygen atoms in total. The third-order valence-electron chi connectivity index (χ3n) is 6.49. The number of hydrogen-bond acceptors (Lipinski definition) is 2. The standard InChI is InChI=1S/C25H30N2O2/c1-25(24(29)26-21-14-7-2-3-8-15-21)17-20-13-9-10-16-22(20)23(28)27(25)18-19-11-5-4-6-12-19/h4-6,9-13,16,21H,2-3,7-8,14-15,17-18H2,1H3,(H,26,29)/t25-/m1/s1. The number of nitrogens with zero attached hydrogens (tertiary/aromatic N) is 1. The zero-order valence-corrected chi connectivity index (χ0v) is 17.2. The van der Waals surface area contributed by atoms with E-state index in [2.05, 4.69) is 5.32 Å². The van der Waals surface area contributed by atoms with Crippen molar-refractivity contribution in [1.29, 1.82) is 0 Å². The van der Waals surface area contributed by atoms with Crippen molar-refractivity contribution in [2.45, 2.75) is 70.0 Å². The lowest BCUT2D eigenvalue weighted by Gasteiger charge is -2.44. The van der Waals surface area contributed by atoms with Crippen LogP contribution in [-0.4, -0.2) is 28.3 Å². The number of rotatable bonds is 4. The predicted molar refractivity (Wildman–Crippen MR) is 114 cm³/mol. The molecule has 1 N–H and O–H groups in total. The second-order valence-corrected chi connectivity index (χ2v) is 8.65. The number of benzene rings is 2. The Balaban J connectivity index is 1.65. The lowest BCUT2D eigenvalue weighted by Crippen LogP contribution is -2.63. The molecular weight excluding hydrogens is 360 g/mol. The van der Waals surface area contributed by atoms with E-state index in [9.17, 15) is 9.59 Å². The summed E-state index contributed by atoms with van der Waals surface area (Å²) in [6.07, 6.45) is 7.43. The van der Waals surface area contributed by atoms with Crippen molar-refractivity contribution in [3.8, 4) is 0 Å². The summed E-state index contributed by atoms with van der Waals surface area (Å²) >= 11 is 0. The SMILES string of the molecule is C[C@]1(C(=O)NC2CCCCCC2)Cc2ccccc2C(=O)N1Cc1ccccc1. The van der Waals surface area contributed by atoms with Crippen LogP contribution in [0, 0.1) is 0 Å². The van der Waals surface area contributed by atoms with Crippen molar-refractivity contribution in [1.82, 2.24) is 10.2 Å². The van der Waals surface area contributed by atoms with E-state index >= 15 is 0 Å². The van der Waals surface area contributed by atoms with E-state index in [1.807, 2.05) is 61.5 Å². The average Bonchev–Trinajstić information content (AvgIpc) is 3.00. The monoisotopic (exact) mass is 390 g/mol. The summed E-state index contributed by atoms with van der Waals surface area (Å²) in [5.41, 5.74) is 1.81. The molecule has 4 rings (SSSR count). The van der Waals surface area contributed by atoms with Gasteiger partial charge in [-0.25, -0.2) is 0 Å². The number of amides is 2. The van der Waals surface area contributed by atoms with Crippen LogP contribution in [0.15, 0.2) is 54.6 Å². The van der Waals surface area contributed by atoms with Gasteiger partial charge in [-0.05, 0) is 37.0 Å². The number of carbonyl (C=O) groups excluding carboxylic acids is 2. The van der Waals surface area contributed by atoms with E-state index in [1.54, 1.807) is 4.90 Å². The lowest BCUT2D eigenvalue weighted by molar-refractivity contribution is -0.132. The zero-order chi connectivity index (χ0) is 20.3. The van der Waals surface area contributed by atoms with Gasteiger partial charge in [0.05, 0.1) is 0 Å². The van der Waals surface area contributed by atoms with Crippen LogP contribution in [0.5, 0.6) is 0 Å². The Hall–Kier alpha value is -2.62. The maximum Gasteiger partial charge on any atom is 0.255 e. The lowest BCUT2D eigenvalue weighted by atomic mass is 9.82. The molecule has 152 valence electrons. The van der Waals surface area contributed by atoms with Gasteiger partial charge in [-0.1, -0.05) is 74.2 Å². The van der Waals surface area contributed by atoms with Crippen molar-refractivity contribution in [3.05, 3.63) is 71.3 Å². The van der Waals surface area contributed by atoms with Gasteiger partial charge in [-0.2, -0.15) is 0 Å². The topological polar surface area (TPSA) is 49.4 Å². The van der Waals surface area contributed by atoms with Crippen LogP contribution in [-0.2, 0) is 17.8 Å².